The molecule has 0 aliphatic carbocycles. The van der Waals surface area contributed by atoms with Crippen LogP contribution in [-0.2, 0) is 13.0 Å². The summed E-state index contributed by atoms with van der Waals surface area (Å²) in [5, 5.41) is 1.52. The number of carbonyl (C=O) groups is 1. The van der Waals surface area contributed by atoms with Crippen molar-refractivity contribution in [3.63, 3.8) is 0 Å². The SMILES string of the molecule is O=C(c1ccc(I)cc1)c1cc2c3c(c1)c(-c1cccc(Cl)c1)cc(=O)n3CC2. The van der Waals surface area contributed by atoms with Gasteiger partial charge in [-0.15, -0.1) is 0 Å². The second kappa shape index (κ2) is 7.11. The molecule has 1 aliphatic rings. The molecule has 0 N–H and O–H groups in total. The summed E-state index contributed by atoms with van der Waals surface area (Å²) >= 11 is 8.42. The number of aromatic nitrogens is 1. The number of benzene rings is 3. The maximum Gasteiger partial charge on any atom is 0.251 e. The summed E-state index contributed by atoms with van der Waals surface area (Å²) in [4.78, 5) is 25.9. The fourth-order valence-corrected chi connectivity index (χ4v) is 4.60. The number of hydrogen-bond donors (Lipinski definition) is 0. The van der Waals surface area contributed by atoms with Crippen molar-refractivity contribution >= 4 is 50.9 Å². The van der Waals surface area contributed by atoms with Gasteiger partial charge in [0.25, 0.3) is 5.56 Å². The molecule has 142 valence electrons. The molecule has 0 saturated carbocycles. The molecule has 0 saturated heterocycles. The van der Waals surface area contributed by atoms with Crippen molar-refractivity contribution in [2.45, 2.75) is 13.0 Å². The van der Waals surface area contributed by atoms with Crippen molar-refractivity contribution in [3.05, 3.63) is 102 Å². The Morgan fingerprint density at radius 3 is 2.52 bits per heavy atom. The number of nitrogens with zero attached hydrogens (tertiary/aromatic N) is 1. The van der Waals surface area contributed by atoms with E-state index in [9.17, 15) is 9.59 Å². The lowest BCUT2D eigenvalue weighted by Gasteiger charge is -2.12. The maximum atomic E-state index is 13.2. The van der Waals surface area contributed by atoms with Crippen molar-refractivity contribution in [1.29, 1.82) is 0 Å². The Morgan fingerprint density at radius 1 is 0.966 bits per heavy atom. The summed E-state index contributed by atoms with van der Waals surface area (Å²) in [6.45, 7) is 0.641. The van der Waals surface area contributed by atoms with Crippen LogP contribution >= 0.6 is 34.2 Å². The number of hydrogen-bond acceptors (Lipinski definition) is 2. The number of rotatable bonds is 3. The van der Waals surface area contributed by atoms with Crippen LogP contribution in [0, 0.1) is 3.57 Å². The smallest absolute Gasteiger partial charge is 0.251 e. The number of carbonyl (C=O) groups excluding carboxylic acids is 1. The number of aryl methyl sites for hydroxylation is 2. The zero-order valence-corrected chi connectivity index (χ0v) is 18.2. The van der Waals surface area contributed by atoms with Crippen LogP contribution in [0.1, 0.15) is 21.5 Å². The first kappa shape index (κ1) is 18.6. The molecular weight excluding hydrogens is 497 g/mol. The molecule has 5 heteroatoms. The van der Waals surface area contributed by atoms with E-state index in [4.69, 9.17) is 11.6 Å². The second-order valence-electron chi connectivity index (χ2n) is 7.18. The Kier molecular flexibility index (Phi) is 4.56. The van der Waals surface area contributed by atoms with E-state index in [1.54, 1.807) is 10.6 Å². The van der Waals surface area contributed by atoms with Crippen LogP contribution in [0.3, 0.4) is 0 Å². The van der Waals surface area contributed by atoms with Gasteiger partial charge >= 0.3 is 0 Å². The molecule has 3 aromatic carbocycles. The maximum absolute atomic E-state index is 13.2. The Bertz CT molecular complexity index is 1360. The Hall–Kier alpha value is -2.44. The molecule has 5 rings (SSSR count). The van der Waals surface area contributed by atoms with Gasteiger partial charge in [0.2, 0.25) is 0 Å². The lowest BCUT2D eigenvalue weighted by atomic mass is 9.94. The third kappa shape index (κ3) is 3.20. The highest BCUT2D eigenvalue weighted by Crippen LogP contribution is 2.34. The third-order valence-electron chi connectivity index (χ3n) is 5.39. The van der Waals surface area contributed by atoms with Crippen molar-refractivity contribution in [2.24, 2.45) is 0 Å². The summed E-state index contributed by atoms with van der Waals surface area (Å²) < 4.78 is 2.89. The average molecular weight is 512 g/mol. The molecule has 1 aliphatic heterocycles. The Balaban J connectivity index is 1.77. The number of halogens is 2. The number of ketones is 1. The standard InChI is InChI=1S/C24H15ClINO2/c25-18-3-1-2-15(11-18)20-13-22(28)27-9-8-16-10-17(12-21(20)23(16)27)24(29)14-4-6-19(26)7-5-14/h1-7,10-13H,8-9H2. The third-order valence-corrected chi connectivity index (χ3v) is 6.35. The van der Waals surface area contributed by atoms with Crippen LogP contribution in [0.25, 0.3) is 22.0 Å². The van der Waals surface area contributed by atoms with Crippen molar-refractivity contribution in [2.75, 3.05) is 0 Å². The molecule has 0 unspecified atom stereocenters. The Morgan fingerprint density at radius 2 is 1.76 bits per heavy atom. The topological polar surface area (TPSA) is 39.1 Å². The van der Waals surface area contributed by atoms with E-state index in [1.165, 1.54) is 0 Å². The monoisotopic (exact) mass is 511 g/mol. The fourth-order valence-electron chi connectivity index (χ4n) is 4.05. The van der Waals surface area contributed by atoms with E-state index in [-0.39, 0.29) is 11.3 Å². The van der Waals surface area contributed by atoms with E-state index in [0.29, 0.717) is 22.7 Å². The van der Waals surface area contributed by atoms with Gasteiger partial charge in [-0.2, -0.15) is 0 Å². The van der Waals surface area contributed by atoms with Crippen LogP contribution in [0.5, 0.6) is 0 Å². The molecule has 2 heterocycles. The first-order valence-electron chi connectivity index (χ1n) is 9.28. The minimum absolute atomic E-state index is 0.0127. The van der Waals surface area contributed by atoms with Crippen molar-refractivity contribution in [3.8, 4) is 11.1 Å². The predicted octanol–water partition coefficient (Wildman–Crippen LogP) is 5.71. The van der Waals surface area contributed by atoms with Gasteiger partial charge in [0, 0.05) is 37.7 Å². The molecule has 0 fully saturated rings. The van der Waals surface area contributed by atoms with E-state index in [1.807, 2.05) is 60.7 Å². The van der Waals surface area contributed by atoms with Gasteiger partial charge in [-0.25, -0.2) is 0 Å². The molecule has 1 aromatic heterocycles. The minimum Gasteiger partial charge on any atom is -0.308 e. The molecule has 0 atom stereocenters. The van der Waals surface area contributed by atoms with Gasteiger partial charge in [0.1, 0.15) is 0 Å². The Labute approximate surface area is 186 Å². The molecule has 0 amide bonds. The van der Waals surface area contributed by atoms with Crippen molar-refractivity contribution < 1.29 is 4.79 Å². The van der Waals surface area contributed by atoms with Gasteiger partial charge in [0.05, 0.1) is 5.52 Å². The molecule has 0 radical (unpaired) electrons. The van der Waals surface area contributed by atoms with E-state index >= 15 is 0 Å². The highest BCUT2D eigenvalue weighted by Gasteiger charge is 2.22. The summed E-state index contributed by atoms with van der Waals surface area (Å²) in [6.07, 6.45) is 0.749. The van der Waals surface area contributed by atoms with Crippen LogP contribution in [-0.4, -0.2) is 10.4 Å². The molecule has 29 heavy (non-hydrogen) atoms. The van der Waals surface area contributed by atoms with Crippen LogP contribution < -0.4 is 5.56 Å². The van der Waals surface area contributed by atoms with Crippen LogP contribution in [0.4, 0.5) is 0 Å². The fraction of sp³-hybridized carbons (Fsp3) is 0.0833. The van der Waals surface area contributed by atoms with Gasteiger partial charge in [0.15, 0.2) is 5.78 Å². The van der Waals surface area contributed by atoms with E-state index in [0.717, 1.165) is 37.6 Å². The van der Waals surface area contributed by atoms with E-state index in [2.05, 4.69) is 22.6 Å². The second-order valence-corrected chi connectivity index (χ2v) is 8.86. The highest BCUT2D eigenvalue weighted by atomic mass is 127. The first-order valence-corrected chi connectivity index (χ1v) is 10.7. The molecule has 3 nitrogen and oxygen atoms in total. The van der Waals surface area contributed by atoms with Crippen LogP contribution in [0.2, 0.25) is 5.02 Å². The average Bonchev–Trinajstić information content (AvgIpc) is 3.16. The molecular formula is C24H15ClINO2. The summed E-state index contributed by atoms with van der Waals surface area (Å²) in [5.41, 5.74) is 4.92. The van der Waals surface area contributed by atoms with E-state index < -0.39 is 0 Å². The zero-order valence-electron chi connectivity index (χ0n) is 15.3. The predicted molar refractivity (Wildman–Crippen MR) is 125 cm³/mol. The largest absolute Gasteiger partial charge is 0.308 e. The lowest BCUT2D eigenvalue weighted by Crippen LogP contribution is -2.17. The summed E-state index contributed by atoms with van der Waals surface area (Å²) in [7, 11) is 0. The highest BCUT2D eigenvalue weighted by molar-refractivity contribution is 14.1. The summed E-state index contributed by atoms with van der Waals surface area (Å²) in [6, 6.07) is 20.6. The van der Waals surface area contributed by atoms with Crippen molar-refractivity contribution in [1.82, 2.24) is 4.57 Å². The van der Waals surface area contributed by atoms with Gasteiger partial charge in [-0.3, -0.25) is 9.59 Å². The lowest BCUT2D eigenvalue weighted by molar-refractivity contribution is 0.103. The first-order chi connectivity index (χ1) is 14.0. The quantitative estimate of drug-likeness (QED) is 0.261. The van der Waals surface area contributed by atoms with Crippen LogP contribution in [0.15, 0.2) is 71.5 Å². The van der Waals surface area contributed by atoms with Gasteiger partial charge < -0.3 is 4.57 Å². The number of pyridine rings is 1. The zero-order chi connectivity index (χ0) is 20.1. The minimum atomic E-state index is -0.0251. The summed E-state index contributed by atoms with van der Waals surface area (Å²) in [5.74, 6) is -0.0127. The molecule has 0 bridgehead atoms. The molecule has 4 aromatic rings. The molecule has 0 spiro atoms. The van der Waals surface area contributed by atoms with Gasteiger partial charge in [-0.05, 0) is 94.2 Å². The normalized spacial score (nSPS) is 12.5. The van der Waals surface area contributed by atoms with Gasteiger partial charge in [-0.1, -0.05) is 23.7 Å².